The first-order valence-corrected chi connectivity index (χ1v) is 7.91. The molecule has 116 valence electrons. The Balaban J connectivity index is 1.95. The minimum Gasteiger partial charge on any atom is -0.378 e. The van der Waals surface area contributed by atoms with Gasteiger partial charge in [0.15, 0.2) is 6.20 Å². The number of nitrogens with zero attached hydrogens (tertiary/aromatic N) is 3. The third-order valence-electron chi connectivity index (χ3n) is 4.02. The molecule has 0 spiro atoms. The largest absolute Gasteiger partial charge is 0.378 e. The number of aryl methyl sites for hydroxylation is 1. The summed E-state index contributed by atoms with van der Waals surface area (Å²) in [6.45, 7) is 3.12. The van der Waals surface area contributed by atoms with E-state index in [0.29, 0.717) is 0 Å². The maximum atomic E-state index is 4.63. The summed E-state index contributed by atoms with van der Waals surface area (Å²) < 4.78 is 2.25. The van der Waals surface area contributed by atoms with Gasteiger partial charge < -0.3 is 4.90 Å². The van der Waals surface area contributed by atoms with Crippen molar-refractivity contribution in [2.75, 3.05) is 19.0 Å². The van der Waals surface area contributed by atoms with E-state index in [2.05, 4.69) is 70.0 Å². The Hall–Kier alpha value is -2.68. The number of anilines is 1. The summed E-state index contributed by atoms with van der Waals surface area (Å²) in [5, 5.41) is 1.23. The number of rotatable bonds is 4. The first kappa shape index (κ1) is 15.2. The van der Waals surface area contributed by atoms with E-state index < -0.39 is 0 Å². The molecule has 0 aliphatic carbocycles. The third kappa shape index (κ3) is 3.24. The second kappa shape index (κ2) is 6.61. The summed E-state index contributed by atoms with van der Waals surface area (Å²) in [6.07, 6.45) is 4.08. The van der Waals surface area contributed by atoms with E-state index in [1.54, 1.807) is 0 Å². The predicted octanol–water partition coefficient (Wildman–Crippen LogP) is 3.96. The van der Waals surface area contributed by atoms with Gasteiger partial charge in [0.25, 0.3) is 0 Å². The van der Waals surface area contributed by atoms with Crippen LogP contribution >= 0.6 is 0 Å². The molecule has 3 aromatic rings. The minimum absolute atomic E-state index is 0.962. The fourth-order valence-corrected chi connectivity index (χ4v) is 2.68. The monoisotopic (exact) mass is 304 g/mol. The number of fused-ring (bicyclic) bond motifs is 1. The number of aromatic nitrogens is 1. The Morgan fingerprint density at radius 1 is 1.00 bits per heavy atom. The van der Waals surface area contributed by atoms with Crippen molar-refractivity contribution in [2.24, 2.45) is 4.99 Å². The lowest BCUT2D eigenvalue weighted by atomic mass is 10.1. The van der Waals surface area contributed by atoms with Crippen molar-refractivity contribution in [3.05, 3.63) is 66.4 Å². The molecule has 0 aliphatic heterocycles. The van der Waals surface area contributed by atoms with Gasteiger partial charge in [0.1, 0.15) is 6.54 Å². The molecule has 0 radical (unpaired) electrons. The van der Waals surface area contributed by atoms with Crippen LogP contribution in [0.1, 0.15) is 12.5 Å². The van der Waals surface area contributed by atoms with Crippen molar-refractivity contribution < 1.29 is 4.57 Å². The van der Waals surface area contributed by atoms with Crippen LogP contribution in [0.2, 0.25) is 0 Å². The second-order valence-corrected chi connectivity index (χ2v) is 5.74. The van der Waals surface area contributed by atoms with E-state index in [0.717, 1.165) is 17.8 Å². The molecule has 0 saturated carbocycles. The number of hydrogen-bond acceptors (Lipinski definition) is 2. The summed E-state index contributed by atoms with van der Waals surface area (Å²) in [5.41, 5.74) is 4.52. The topological polar surface area (TPSA) is 19.5 Å². The lowest BCUT2D eigenvalue weighted by Gasteiger charge is -2.11. The Kier molecular flexibility index (Phi) is 4.38. The highest BCUT2D eigenvalue weighted by atomic mass is 15.1. The van der Waals surface area contributed by atoms with Crippen molar-refractivity contribution in [1.82, 2.24) is 0 Å². The smallest absolute Gasteiger partial charge is 0.213 e. The van der Waals surface area contributed by atoms with Crippen LogP contribution in [0.15, 0.2) is 65.8 Å². The highest BCUT2D eigenvalue weighted by Gasteiger charge is 2.09. The number of para-hydroxylation sites is 1. The van der Waals surface area contributed by atoms with Crippen LogP contribution in [0.25, 0.3) is 10.9 Å². The van der Waals surface area contributed by atoms with E-state index in [1.165, 1.54) is 16.6 Å². The molecule has 0 bridgehead atoms. The molecule has 3 rings (SSSR count). The van der Waals surface area contributed by atoms with Crippen LogP contribution in [0.3, 0.4) is 0 Å². The average molecular weight is 304 g/mol. The van der Waals surface area contributed by atoms with E-state index in [1.807, 2.05) is 32.4 Å². The molecule has 0 fully saturated rings. The molecule has 0 unspecified atom stereocenters. The molecule has 1 aromatic heterocycles. The molecule has 0 amide bonds. The van der Waals surface area contributed by atoms with Crippen LogP contribution in [-0.4, -0.2) is 20.3 Å². The van der Waals surface area contributed by atoms with E-state index in [-0.39, 0.29) is 0 Å². The van der Waals surface area contributed by atoms with Crippen LogP contribution in [0, 0.1) is 0 Å². The van der Waals surface area contributed by atoms with Gasteiger partial charge in [0, 0.05) is 43.7 Å². The van der Waals surface area contributed by atoms with Crippen LogP contribution < -0.4 is 9.47 Å². The molecule has 2 aromatic carbocycles. The first-order valence-electron chi connectivity index (χ1n) is 7.91. The van der Waals surface area contributed by atoms with Gasteiger partial charge in [-0.05, 0) is 37.3 Å². The highest BCUT2D eigenvalue weighted by Crippen LogP contribution is 2.19. The fourth-order valence-electron chi connectivity index (χ4n) is 2.68. The molecule has 0 N–H and O–H groups in total. The number of aliphatic imine (C=N–C) groups is 1. The minimum atomic E-state index is 0.962. The van der Waals surface area contributed by atoms with Gasteiger partial charge >= 0.3 is 0 Å². The summed E-state index contributed by atoms with van der Waals surface area (Å²) in [6, 6.07) is 18.8. The standard InChI is InChI=1S/C20H22N3/c1-4-23-14-13-16(19-7-5-6-8-20(19)23)15-21-17-9-11-18(12-10-17)22(2)3/h5-15H,4H2,1-3H3/q+1. The quantitative estimate of drug-likeness (QED) is 0.527. The lowest BCUT2D eigenvalue weighted by molar-refractivity contribution is -0.667. The van der Waals surface area contributed by atoms with Gasteiger partial charge in [-0.1, -0.05) is 12.1 Å². The molecule has 23 heavy (non-hydrogen) atoms. The number of hydrogen-bond donors (Lipinski definition) is 0. The Morgan fingerprint density at radius 3 is 2.43 bits per heavy atom. The first-order chi connectivity index (χ1) is 11.2. The van der Waals surface area contributed by atoms with Crippen molar-refractivity contribution in [3.63, 3.8) is 0 Å². The van der Waals surface area contributed by atoms with Gasteiger partial charge in [-0.25, -0.2) is 0 Å². The fraction of sp³-hybridized carbons (Fsp3) is 0.200. The van der Waals surface area contributed by atoms with Crippen molar-refractivity contribution in [3.8, 4) is 0 Å². The average Bonchev–Trinajstić information content (AvgIpc) is 2.60. The van der Waals surface area contributed by atoms with E-state index in [4.69, 9.17) is 0 Å². The van der Waals surface area contributed by atoms with Gasteiger partial charge in [-0.2, -0.15) is 4.57 Å². The zero-order chi connectivity index (χ0) is 16.2. The highest BCUT2D eigenvalue weighted by molar-refractivity contribution is 5.97. The molecule has 0 saturated heterocycles. The van der Waals surface area contributed by atoms with Crippen molar-refractivity contribution in [2.45, 2.75) is 13.5 Å². The van der Waals surface area contributed by atoms with E-state index in [9.17, 15) is 0 Å². The van der Waals surface area contributed by atoms with Crippen LogP contribution in [-0.2, 0) is 6.54 Å². The normalized spacial score (nSPS) is 11.3. The maximum Gasteiger partial charge on any atom is 0.213 e. The maximum absolute atomic E-state index is 4.63. The Labute approximate surface area is 137 Å². The molecular formula is C20H22N3+. The van der Waals surface area contributed by atoms with Gasteiger partial charge in [-0.15, -0.1) is 0 Å². The van der Waals surface area contributed by atoms with Crippen LogP contribution in [0.4, 0.5) is 11.4 Å². The molecule has 0 aliphatic rings. The second-order valence-electron chi connectivity index (χ2n) is 5.74. The van der Waals surface area contributed by atoms with Crippen molar-refractivity contribution in [1.29, 1.82) is 0 Å². The van der Waals surface area contributed by atoms with Gasteiger partial charge in [-0.3, -0.25) is 4.99 Å². The molecule has 3 nitrogen and oxygen atoms in total. The summed E-state index contributed by atoms with van der Waals surface area (Å²) in [5.74, 6) is 0. The summed E-state index contributed by atoms with van der Waals surface area (Å²) in [7, 11) is 4.08. The molecule has 1 heterocycles. The summed E-state index contributed by atoms with van der Waals surface area (Å²) >= 11 is 0. The summed E-state index contributed by atoms with van der Waals surface area (Å²) in [4.78, 5) is 6.71. The van der Waals surface area contributed by atoms with Crippen molar-refractivity contribution >= 4 is 28.5 Å². The predicted molar refractivity (Wildman–Crippen MR) is 97.8 cm³/mol. The van der Waals surface area contributed by atoms with Gasteiger partial charge in [0.05, 0.1) is 11.1 Å². The number of benzene rings is 2. The SMILES string of the molecule is CC[n+]1ccc(C=Nc2ccc(N(C)C)cc2)c2ccccc21. The lowest BCUT2D eigenvalue weighted by Crippen LogP contribution is -2.32. The van der Waals surface area contributed by atoms with E-state index >= 15 is 0 Å². The third-order valence-corrected chi connectivity index (χ3v) is 4.02. The Morgan fingerprint density at radius 2 is 1.74 bits per heavy atom. The molecule has 0 atom stereocenters. The number of pyridine rings is 1. The van der Waals surface area contributed by atoms with Gasteiger partial charge in [0.2, 0.25) is 5.52 Å². The Bertz CT molecular complexity index is 833. The zero-order valence-corrected chi connectivity index (χ0v) is 13.9. The zero-order valence-electron chi connectivity index (χ0n) is 13.9. The molecule has 3 heteroatoms. The van der Waals surface area contributed by atoms with Crippen LogP contribution in [0.5, 0.6) is 0 Å². The molecular weight excluding hydrogens is 282 g/mol.